The van der Waals surface area contributed by atoms with Gasteiger partial charge in [0.2, 0.25) is 22.5 Å². The SMILES string of the molecule is C1CC[SiH2]OC1.CCC(Br)(CC)C(=O)NC(N)=O.C[Si](C)(O[Si](C)(C)c1ccc(C(=O)O)cc1)c1ccc(C(=O)O)cc1. The van der Waals surface area contributed by atoms with Gasteiger partial charge >= 0.3 is 18.0 Å². The number of carbonyl (C=O) groups excluding carboxylic acids is 2. The number of benzene rings is 2. The van der Waals surface area contributed by atoms with Crippen LogP contribution in [0.25, 0.3) is 0 Å². The molecular weight excluding hydrogens is 668 g/mol. The number of carboxylic acids is 2. The second-order valence-corrected chi connectivity index (χ2v) is 22.1. The molecule has 238 valence electrons. The lowest BCUT2D eigenvalue weighted by molar-refractivity contribution is -0.122. The number of aromatic carboxylic acids is 2. The van der Waals surface area contributed by atoms with Gasteiger partial charge in [-0.3, -0.25) is 10.1 Å². The number of amides is 3. The highest BCUT2D eigenvalue weighted by atomic mass is 79.9. The molecule has 2 aromatic carbocycles. The van der Waals surface area contributed by atoms with Crippen LogP contribution in [0.15, 0.2) is 48.5 Å². The van der Waals surface area contributed by atoms with Crippen molar-refractivity contribution in [2.45, 2.75) is 76.1 Å². The summed E-state index contributed by atoms with van der Waals surface area (Å²) in [6, 6.07) is 14.3. The van der Waals surface area contributed by atoms with Crippen LogP contribution in [0, 0.1) is 0 Å². The minimum Gasteiger partial charge on any atom is -0.478 e. The van der Waals surface area contributed by atoms with Crippen LogP contribution in [0.3, 0.4) is 0 Å². The molecule has 0 radical (unpaired) electrons. The van der Waals surface area contributed by atoms with Crippen molar-refractivity contribution in [3.63, 3.8) is 0 Å². The number of imide groups is 1. The molecule has 10 nitrogen and oxygen atoms in total. The van der Waals surface area contributed by atoms with E-state index in [1.54, 1.807) is 24.3 Å². The second-order valence-electron chi connectivity index (χ2n) is 11.1. The van der Waals surface area contributed by atoms with Gasteiger partial charge in [0.15, 0.2) is 9.76 Å². The molecule has 1 saturated heterocycles. The highest BCUT2D eigenvalue weighted by Crippen LogP contribution is 2.26. The zero-order chi connectivity index (χ0) is 32.8. The Morgan fingerprint density at radius 2 is 1.30 bits per heavy atom. The summed E-state index contributed by atoms with van der Waals surface area (Å²) < 4.78 is 11.1. The monoisotopic (exact) mass is 712 g/mol. The third-order valence-electron chi connectivity index (χ3n) is 7.01. The zero-order valence-electron chi connectivity index (χ0n) is 25.9. The number of nitrogens with two attached hydrogens (primary N) is 1. The summed E-state index contributed by atoms with van der Waals surface area (Å²) >= 11 is 3.26. The van der Waals surface area contributed by atoms with Gasteiger partial charge in [-0.1, -0.05) is 60.5 Å². The summed E-state index contributed by atoms with van der Waals surface area (Å²) in [6.45, 7) is 13.1. The number of halogens is 1. The fourth-order valence-corrected chi connectivity index (χ4v) is 13.5. The van der Waals surface area contributed by atoms with Crippen molar-refractivity contribution < 1.29 is 37.9 Å². The topological polar surface area (TPSA) is 165 Å². The number of hydrogen-bond acceptors (Lipinski definition) is 6. The van der Waals surface area contributed by atoms with Gasteiger partial charge in [0.05, 0.1) is 11.1 Å². The normalized spacial score (nSPS) is 13.9. The van der Waals surface area contributed by atoms with E-state index in [2.05, 4.69) is 42.1 Å². The first-order chi connectivity index (χ1) is 20.0. The lowest BCUT2D eigenvalue weighted by atomic mass is 10.0. The molecule has 1 aliphatic heterocycles. The highest BCUT2D eigenvalue weighted by Gasteiger charge is 2.36. The first-order valence-electron chi connectivity index (χ1n) is 14.2. The van der Waals surface area contributed by atoms with E-state index in [1.165, 1.54) is 18.9 Å². The van der Waals surface area contributed by atoms with Crippen molar-refractivity contribution in [2.75, 3.05) is 6.61 Å². The van der Waals surface area contributed by atoms with Gasteiger partial charge in [0.1, 0.15) is 4.32 Å². The van der Waals surface area contributed by atoms with Gasteiger partial charge in [0.25, 0.3) is 0 Å². The Hall–Kier alpha value is -2.63. The van der Waals surface area contributed by atoms with Gasteiger partial charge in [-0.2, -0.15) is 0 Å². The van der Waals surface area contributed by atoms with Gasteiger partial charge < -0.3 is 24.5 Å². The maximum absolute atomic E-state index is 11.3. The molecule has 1 heterocycles. The number of carbonyl (C=O) groups is 4. The average Bonchev–Trinajstić information content (AvgIpc) is 2.97. The Morgan fingerprint density at radius 3 is 1.53 bits per heavy atom. The maximum Gasteiger partial charge on any atom is 0.335 e. The Balaban J connectivity index is 0.000000422. The predicted molar refractivity (Wildman–Crippen MR) is 181 cm³/mol. The van der Waals surface area contributed by atoms with Crippen LogP contribution in [0.1, 0.15) is 60.2 Å². The molecule has 1 aliphatic rings. The molecular formula is C29H45BrN2O8Si3. The zero-order valence-corrected chi connectivity index (χ0v) is 30.9. The van der Waals surface area contributed by atoms with Crippen molar-refractivity contribution in [1.82, 2.24) is 5.32 Å². The molecule has 0 aromatic heterocycles. The number of nitrogens with one attached hydrogen (secondary N) is 1. The lowest BCUT2D eigenvalue weighted by Gasteiger charge is -2.34. The fourth-order valence-electron chi connectivity index (χ4n) is 4.27. The van der Waals surface area contributed by atoms with Crippen LogP contribution in [0.2, 0.25) is 32.2 Å². The molecule has 5 N–H and O–H groups in total. The highest BCUT2D eigenvalue weighted by molar-refractivity contribution is 9.10. The molecule has 2 aromatic rings. The molecule has 43 heavy (non-hydrogen) atoms. The van der Waals surface area contributed by atoms with Crippen molar-refractivity contribution in [3.05, 3.63) is 59.7 Å². The third kappa shape index (κ3) is 12.9. The first-order valence-corrected chi connectivity index (χ1v) is 22.4. The maximum atomic E-state index is 11.3. The lowest BCUT2D eigenvalue weighted by Crippen LogP contribution is -2.57. The van der Waals surface area contributed by atoms with Gasteiger partial charge in [-0.15, -0.1) is 0 Å². The summed E-state index contributed by atoms with van der Waals surface area (Å²) in [4.78, 5) is 43.6. The smallest absolute Gasteiger partial charge is 0.335 e. The van der Waals surface area contributed by atoms with Gasteiger partial charge in [-0.25, -0.2) is 14.4 Å². The van der Waals surface area contributed by atoms with Crippen LogP contribution >= 0.6 is 15.9 Å². The Bertz CT molecular complexity index is 1140. The number of carboxylic acid groups (broad SMARTS) is 2. The van der Waals surface area contributed by atoms with E-state index < -0.39 is 38.9 Å². The quantitative estimate of drug-likeness (QED) is 0.223. The Labute approximate surface area is 267 Å². The molecule has 0 atom stereocenters. The molecule has 3 amide bonds. The van der Waals surface area contributed by atoms with Crippen LogP contribution in [0.5, 0.6) is 0 Å². The van der Waals surface area contributed by atoms with Gasteiger partial charge in [-0.05, 0) is 86.1 Å². The summed E-state index contributed by atoms with van der Waals surface area (Å²) in [5, 5.41) is 22.1. The number of hydrogen-bond donors (Lipinski definition) is 4. The van der Waals surface area contributed by atoms with E-state index >= 15 is 0 Å². The summed E-state index contributed by atoms with van der Waals surface area (Å²) in [5.74, 6) is -2.26. The van der Waals surface area contributed by atoms with Crippen molar-refractivity contribution in [3.8, 4) is 0 Å². The van der Waals surface area contributed by atoms with Crippen molar-refractivity contribution in [1.29, 1.82) is 0 Å². The van der Waals surface area contributed by atoms with Gasteiger partial charge in [0, 0.05) is 6.61 Å². The van der Waals surface area contributed by atoms with Crippen LogP contribution in [0.4, 0.5) is 4.79 Å². The summed E-state index contributed by atoms with van der Waals surface area (Å²) in [5.41, 5.74) is 5.32. The Kier molecular flexibility index (Phi) is 15.7. The molecule has 0 spiro atoms. The number of alkyl halides is 1. The first kappa shape index (κ1) is 38.4. The number of primary amides is 1. The minimum atomic E-state index is -2.24. The van der Waals surface area contributed by atoms with Crippen LogP contribution < -0.4 is 21.4 Å². The molecule has 14 heteroatoms. The fraction of sp³-hybridized carbons (Fsp3) is 0.448. The largest absolute Gasteiger partial charge is 0.478 e. The third-order valence-corrected chi connectivity index (χ3v) is 17.4. The summed E-state index contributed by atoms with van der Waals surface area (Å²) in [7, 11) is -4.47. The molecule has 0 unspecified atom stereocenters. The molecule has 3 rings (SSSR count). The van der Waals surface area contributed by atoms with Crippen molar-refractivity contribution >= 4 is 76.6 Å². The Morgan fingerprint density at radius 1 is 0.884 bits per heavy atom. The molecule has 0 saturated carbocycles. The molecule has 1 fully saturated rings. The standard InChI is InChI=1S/C18H22O5Si2.C7H13BrN2O2.C4H10OSi/c1-24(2,15-9-5-13(6-10-15)17(19)20)23-25(3,4)16-11-7-14(8-12-16)18(21)22;1-3-7(8,4-2)5(11)10-6(9)12;1-2-4-6-5-3-1/h5-12H,1-4H3,(H,19,20)(H,21,22);3-4H2,1-2H3,(H3,9,10,11,12);1-4,6H2. The average molecular weight is 714 g/mol. The number of rotatable bonds is 9. The van der Waals surface area contributed by atoms with E-state index in [0.29, 0.717) is 12.8 Å². The van der Waals surface area contributed by atoms with E-state index in [1.807, 2.05) is 43.4 Å². The second kappa shape index (κ2) is 17.6. The summed E-state index contributed by atoms with van der Waals surface area (Å²) in [6.07, 6.45) is 3.98. The van der Waals surface area contributed by atoms with Crippen LogP contribution in [-0.2, 0) is 13.3 Å². The van der Waals surface area contributed by atoms with Crippen LogP contribution in [-0.4, -0.2) is 71.4 Å². The van der Waals surface area contributed by atoms with E-state index in [-0.39, 0.29) is 26.8 Å². The van der Waals surface area contributed by atoms with Crippen molar-refractivity contribution in [2.24, 2.45) is 5.73 Å². The van der Waals surface area contributed by atoms with E-state index in [0.717, 1.165) is 17.0 Å². The van der Waals surface area contributed by atoms with E-state index in [9.17, 15) is 19.2 Å². The predicted octanol–water partition coefficient (Wildman–Crippen LogP) is 4.06. The molecule has 0 bridgehead atoms. The number of urea groups is 1. The molecule has 0 aliphatic carbocycles. The minimum absolute atomic E-state index is 0.00849. The van der Waals surface area contributed by atoms with E-state index in [4.69, 9.17) is 24.5 Å².